The average Bonchev–Trinajstić information content (AvgIpc) is 3.48. The van der Waals surface area contributed by atoms with Crippen LogP contribution in [0.3, 0.4) is 0 Å². The zero-order valence-electron chi connectivity index (χ0n) is 16.8. The van der Waals surface area contributed by atoms with E-state index in [4.69, 9.17) is 4.74 Å². The normalized spacial score (nSPS) is 18.9. The summed E-state index contributed by atoms with van der Waals surface area (Å²) < 4.78 is 5.77. The van der Waals surface area contributed by atoms with E-state index in [2.05, 4.69) is 39.4 Å². The van der Waals surface area contributed by atoms with Gasteiger partial charge in [-0.2, -0.15) is 0 Å². The van der Waals surface area contributed by atoms with Crippen LogP contribution in [0.5, 0.6) is 5.88 Å². The largest absolute Gasteiger partial charge is 0.477 e. The van der Waals surface area contributed by atoms with Crippen molar-refractivity contribution in [3.8, 4) is 5.88 Å². The van der Waals surface area contributed by atoms with Gasteiger partial charge in [-0.3, -0.25) is 4.99 Å². The van der Waals surface area contributed by atoms with Crippen molar-refractivity contribution < 1.29 is 4.74 Å². The molecule has 152 valence electrons. The van der Waals surface area contributed by atoms with Gasteiger partial charge in [0, 0.05) is 51.0 Å². The molecule has 1 aliphatic carbocycles. The predicted octanol–water partition coefficient (Wildman–Crippen LogP) is 3.03. The molecule has 1 aromatic heterocycles. The number of nitrogens with zero attached hydrogens (tertiary/aromatic N) is 3. The Morgan fingerprint density at radius 3 is 2.67 bits per heavy atom. The Balaban J connectivity index is 0.00000261. The third-order valence-electron chi connectivity index (χ3n) is 5.25. The number of hydrogen-bond acceptors (Lipinski definition) is 4. The smallest absolute Gasteiger partial charge is 0.213 e. The van der Waals surface area contributed by atoms with Crippen LogP contribution < -0.4 is 15.4 Å². The van der Waals surface area contributed by atoms with Crippen molar-refractivity contribution in [3.05, 3.63) is 23.9 Å². The fourth-order valence-electron chi connectivity index (χ4n) is 3.26. The second-order valence-electron chi connectivity index (χ2n) is 7.73. The first kappa shape index (κ1) is 22.2. The second kappa shape index (κ2) is 11.0. The highest BCUT2D eigenvalue weighted by atomic mass is 127. The highest BCUT2D eigenvalue weighted by molar-refractivity contribution is 14.0. The van der Waals surface area contributed by atoms with Crippen LogP contribution in [0.4, 0.5) is 0 Å². The predicted molar refractivity (Wildman–Crippen MR) is 121 cm³/mol. The molecule has 0 aromatic carbocycles. The Morgan fingerprint density at radius 2 is 2.04 bits per heavy atom. The molecule has 2 aliphatic rings. The van der Waals surface area contributed by atoms with Crippen LogP contribution in [0.2, 0.25) is 0 Å². The minimum Gasteiger partial charge on any atom is -0.477 e. The number of piperidine rings is 1. The van der Waals surface area contributed by atoms with Gasteiger partial charge in [0.25, 0.3) is 0 Å². The average molecular weight is 487 g/mol. The number of aliphatic imine (C=N–C) groups is 1. The number of ether oxygens (including phenoxy) is 1. The maximum Gasteiger partial charge on any atom is 0.213 e. The molecule has 0 unspecified atom stereocenters. The van der Waals surface area contributed by atoms with Crippen LogP contribution in [0.25, 0.3) is 0 Å². The van der Waals surface area contributed by atoms with Gasteiger partial charge in [0.05, 0.1) is 6.61 Å². The van der Waals surface area contributed by atoms with Gasteiger partial charge in [-0.1, -0.05) is 0 Å². The molecule has 1 aromatic rings. The molecule has 2 N–H and O–H groups in total. The van der Waals surface area contributed by atoms with Crippen molar-refractivity contribution in [1.82, 2.24) is 20.5 Å². The SMILES string of the molecule is CN=C(NCc1ccnc(OCC2CC2)c1)NC1CCN(C(C)C)CC1.I. The van der Waals surface area contributed by atoms with Gasteiger partial charge in [0.2, 0.25) is 5.88 Å². The van der Waals surface area contributed by atoms with Gasteiger partial charge < -0.3 is 20.3 Å². The lowest BCUT2D eigenvalue weighted by molar-refractivity contribution is 0.167. The molecule has 27 heavy (non-hydrogen) atoms. The van der Waals surface area contributed by atoms with E-state index >= 15 is 0 Å². The molecule has 0 amide bonds. The Kier molecular flexibility index (Phi) is 9.08. The van der Waals surface area contributed by atoms with Crippen LogP contribution in [-0.2, 0) is 6.54 Å². The Hall–Kier alpha value is -1.09. The Morgan fingerprint density at radius 1 is 1.30 bits per heavy atom. The van der Waals surface area contributed by atoms with Crippen molar-refractivity contribution in [3.63, 3.8) is 0 Å². The first-order chi connectivity index (χ1) is 12.6. The zero-order valence-corrected chi connectivity index (χ0v) is 19.1. The molecule has 0 spiro atoms. The number of likely N-dealkylation sites (tertiary alicyclic amines) is 1. The number of guanidine groups is 1. The first-order valence-corrected chi connectivity index (χ1v) is 9.93. The molecule has 2 fully saturated rings. The van der Waals surface area contributed by atoms with Crippen molar-refractivity contribution >= 4 is 29.9 Å². The number of hydrogen-bond donors (Lipinski definition) is 2. The molecule has 7 heteroatoms. The fourth-order valence-corrected chi connectivity index (χ4v) is 3.26. The monoisotopic (exact) mass is 487 g/mol. The third-order valence-corrected chi connectivity index (χ3v) is 5.25. The molecule has 6 nitrogen and oxygen atoms in total. The number of pyridine rings is 1. The van der Waals surface area contributed by atoms with Crippen molar-refractivity contribution in [2.45, 2.75) is 58.2 Å². The lowest BCUT2D eigenvalue weighted by Gasteiger charge is -2.35. The summed E-state index contributed by atoms with van der Waals surface area (Å²) in [5.74, 6) is 2.33. The van der Waals surface area contributed by atoms with E-state index in [1.54, 1.807) is 0 Å². The quantitative estimate of drug-likeness (QED) is 0.352. The zero-order chi connectivity index (χ0) is 18.4. The summed E-state index contributed by atoms with van der Waals surface area (Å²) in [6, 6.07) is 5.16. The second-order valence-corrected chi connectivity index (χ2v) is 7.73. The van der Waals surface area contributed by atoms with E-state index in [1.807, 2.05) is 25.4 Å². The van der Waals surface area contributed by atoms with Gasteiger partial charge in [-0.05, 0) is 57.1 Å². The third kappa shape index (κ3) is 7.44. The van der Waals surface area contributed by atoms with Gasteiger partial charge in [-0.15, -0.1) is 24.0 Å². The summed E-state index contributed by atoms with van der Waals surface area (Å²) in [7, 11) is 1.83. The lowest BCUT2D eigenvalue weighted by atomic mass is 10.0. The number of rotatable bonds is 7. The van der Waals surface area contributed by atoms with Gasteiger partial charge in [-0.25, -0.2) is 4.98 Å². The highest BCUT2D eigenvalue weighted by Gasteiger charge is 2.22. The summed E-state index contributed by atoms with van der Waals surface area (Å²) in [5, 5.41) is 6.98. The molecule has 1 saturated carbocycles. The summed E-state index contributed by atoms with van der Waals surface area (Å²) in [5.41, 5.74) is 1.16. The van der Waals surface area contributed by atoms with Crippen LogP contribution in [0, 0.1) is 5.92 Å². The molecule has 3 rings (SSSR count). The first-order valence-electron chi connectivity index (χ1n) is 9.93. The molecule has 0 radical (unpaired) electrons. The van der Waals surface area contributed by atoms with Gasteiger partial charge in [0.15, 0.2) is 5.96 Å². The maximum atomic E-state index is 5.77. The topological polar surface area (TPSA) is 61.8 Å². The van der Waals surface area contributed by atoms with E-state index in [9.17, 15) is 0 Å². The minimum absolute atomic E-state index is 0. The highest BCUT2D eigenvalue weighted by Crippen LogP contribution is 2.29. The molecule has 2 heterocycles. The summed E-state index contributed by atoms with van der Waals surface area (Å²) in [6.45, 7) is 8.35. The molecule has 1 saturated heterocycles. The molecular weight excluding hydrogens is 453 g/mol. The van der Waals surface area contributed by atoms with Crippen LogP contribution in [-0.4, -0.2) is 54.7 Å². The van der Waals surface area contributed by atoms with Gasteiger partial charge >= 0.3 is 0 Å². The molecule has 0 bridgehead atoms. The lowest BCUT2D eigenvalue weighted by Crippen LogP contribution is -2.49. The van der Waals surface area contributed by atoms with E-state index < -0.39 is 0 Å². The summed E-state index contributed by atoms with van der Waals surface area (Å²) >= 11 is 0. The van der Waals surface area contributed by atoms with Crippen LogP contribution in [0.15, 0.2) is 23.3 Å². The molecular formula is C20H34IN5O. The maximum absolute atomic E-state index is 5.77. The van der Waals surface area contributed by atoms with Crippen molar-refractivity contribution in [1.29, 1.82) is 0 Å². The van der Waals surface area contributed by atoms with Crippen LogP contribution in [0.1, 0.15) is 45.1 Å². The molecule has 0 atom stereocenters. The van der Waals surface area contributed by atoms with E-state index in [0.717, 1.165) is 55.9 Å². The fraction of sp³-hybridized carbons (Fsp3) is 0.700. The number of halogens is 1. The number of aromatic nitrogens is 1. The summed E-state index contributed by atoms with van der Waals surface area (Å²) in [6.07, 6.45) is 6.72. The Labute approximate surface area is 180 Å². The van der Waals surface area contributed by atoms with Crippen LogP contribution >= 0.6 is 24.0 Å². The van der Waals surface area contributed by atoms with E-state index in [1.165, 1.54) is 12.8 Å². The Bertz CT molecular complexity index is 598. The van der Waals surface area contributed by atoms with Crippen molar-refractivity contribution in [2.75, 3.05) is 26.7 Å². The minimum atomic E-state index is 0. The van der Waals surface area contributed by atoms with E-state index in [0.29, 0.717) is 18.6 Å². The van der Waals surface area contributed by atoms with Gasteiger partial charge in [0.1, 0.15) is 0 Å². The van der Waals surface area contributed by atoms with E-state index in [-0.39, 0.29) is 24.0 Å². The molecule has 1 aliphatic heterocycles. The number of nitrogens with one attached hydrogen (secondary N) is 2. The standard InChI is InChI=1S/C20H33N5O.HI/c1-15(2)25-10-7-18(8-11-25)24-20(21-3)23-13-17-6-9-22-19(12-17)26-14-16-4-5-16;/h6,9,12,15-16,18H,4-5,7-8,10-11,13-14H2,1-3H3,(H2,21,23,24);1H. The van der Waals surface area contributed by atoms with Crippen molar-refractivity contribution in [2.24, 2.45) is 10.9 Å². The summed E-state index contributed by atoms with van der Waals surface area (Å²) in [4.78, 5) is 11.2.